The number of methoxy groups -OCH3 is 1. The maximum atomic E-state index is 11.8. The second-order valence-corrected chi connectivity index (χ2v) is 3.99. The van der Waals surface area contributed by atoms with Crippen LogP contribution < -0.4 is 10.5 Å². The van der Waals surface area contributed by atoms with E-state index >= 15 is 0 Å². The van der Waals surface area contributed by atoms with E-state index in [1.54, 1.807) is 18.9 Å². The Bertz CT molecular complexity index is 366. The SMILES string of the molecule is CCN(Cc1ccc(OC)cc1)C(=O)C(C)N.Cl. The summed E-state index contributed by atoms with van der Waals surface area (Å²) >= 11 is 0. The summed E-state index contributed by atoms with van der Waals surface area (Å²) in [6.07, 6.45) is 0. The van der Waals surface area contributed by atoms with E-state index in [1.807, 2.05) is 31.2 Å². The summed E-state index contributed by atoms with van der Waals surface area (Å²) in [5.74, 6) is 0.790. The van der Waals surface area contributed by atoms with Crippen LogP contribution in [0.2, 0.25) is 0 Å². The molecule has 0 saturated heterocycles. The first kappa shape index (κ1) is 16.7. The van der Waals surface area contributed by atoms with Crippen LogP contribution in [0.25, 0.3) is 0 Å². The van der Waals surface area contributed by atoms with Gasteiger partial charge in [-0.3, -0.25) is 4.79 Å². The van der Waals surface area contributed by atoms with Crippen LogP contribution in [-0.4, -0.2) is 30.5 Å². The fourth-order valence-corrected chi connectivity index (χ4v) is 1.58. The predicted octanol–water partition coefficient (Wildman–Crippen LogP) is 1.81. The van der Waals surface area contributed by atoms with Gasteiger partial charge in [0.2, 0.25) is 5.91 Å². The number of amides is 1. The van der Waals surface area contributed by atoms with E-state index in [0.29, 0.717) is 13.1 Å². The molecule has 1 atom stereocenters. The Morgan fingerprint density at radius 1 is 1.39 bits per heavy atom. The highest BCUT2D eigenvalue weighted by Crippen LogP contribution is 2.13. The molecular formula is C13H21ClN2O2. The number of nitrogens with zero attached hydrogens (tertiary/aromatic N) is 1. The van der Waals surface area contributed by atoms with E-state index in [-0.39, 0.29) is 18.3 Å². The summed E-state index contributed by atoms with van der Waals surface area (Å²) in [6.45, 7) is 4.90. The van der Waals surface area contributed by atoms with Gasteiger partial charge in [-0.1, -0.05) is 12.1 Å². The maximum Gasteiger partial charge on any atom is 0.239 e. The number of hydrogen-bond donors (Lipinski definition) is 1. The number of halogens is 1. The normalized spacial score (nSPS) is 11.3. The van der Waals surface area contributed by atoms with E-state index in [9.17, 15) is 4.79 Å². The van der Waals surface area contributed by atoms with Crippen LogP contribution in [0.4, 0.5) is 0 Å². The minimum Gasteiger partial charge on any atom is -0.497 e. The minimum absolute atomic E-state index is 0. The van der Waals surface area contributed by atoms with Crippen molar-refractivity contribution in [3.63, 3.8) is 0 Å². The van der Waals surface area contributed by atoms with Crippen molar-refractivity contribution in [1.82, 2.24) is 4.90 Å². The molecular weight excluding hydrogens is 252 g/mol. The lowest BCUT2D eigenvalue weighted by molar-refractivity contribution is -0.132. The van der Waals surface area contributed by atoms with Crippen LogP contribution in [0.1, 0.15) is 19.4 Å². The van der Waals surface area contributed by atoms with Gasteiger partial charge < -0.3 is 15.4 Å². The summed E-state index contributed by atoms with van der Waals surface area (Å²) in [7, 11) is 1.63. The molecule has 1 rings (SSSR count). The third-order valence-electron chi connectivity index (χ3n) is 2.62. The molecule has 0 spiro atoms. The van der Waals surface area contributed by atoms with Gasteiger partial charge in [0.05, 0.1) is 13.2 Å². The van der Waals surface area contributed by atoms with Gasteiger partial charge in [0.1, 0.15) is 5.75 Å². The van der Waals surface area contributed by atoms with Crippen molar-refractivity contribution in [3.8, 4) is 5.75 Å². The van der Waals surface area contributed by atoms with Gasteiger partial charge in [0.15, 0.2) is 0 Å². The third-order valence-corrected chi connectivity index (χ3v) is 2.62. The van der Waals surface area contributed by atoms with Crippen LogP contribution in [-0.2, 0) is 11.3 Å². The average Bonchev–Trinajstić information content (AvgIpc) is 2.35. The smallest absolute Gasteiger partial charge is 0.239 e. The average molecular weight is 273 g/mol. The van der Waals surface area contributed by atoms with E-state index in [4.69, 9.17) is 10.5 Å². The molecule has 0 aliphatic heterocycles. The molecule has 18 heavy (non-hydrogen) atoms. The monoisotopic (exact) mass is 272 g/mol. The molecule has 2 N–H and O–H groups in total. The summed E-state index contributed by atoms with van der Waals surface area (Å²) in [5.41, 5.74) is 6.67. The molecule has 4 nitrogen and oxygen atoms in total. The molecule has 0 fully saturated rings. The van der Waals surface area contributed by atoms with Crippen molar-refractivity contribution in [2.75, 3.05) is 13.7 Å². The second-order valence-electron chi connectivity index (χ2n) is 3.99. The van der Waals surface area contributed by atoms with Crippen molar-refractivity contribution < 1.29 is 9.53 Å². The van der Waals surface area contributed by atoms with Crippen LogP contribution in [0, 0.1) is 0 Å². The molecule has 5 heteroatoms. The fourth-order valence-electron chi connectivity index (χ4n) is 1.58. The molecule has 0 aliphatic rings. The van der Waals surface area contributed by atoms with E-state index in [1.165, 1.54) is 0 Å². The predicted molar refractivity (Wildman–Crippen MR) is 75.0 cm³/mol. The fraction of sp³-hybridized carbons (Fsp3) is 0.462. The van der Waals surface area contributed by atoms with Gasteiger partial charge in [-0.15, -0.1) is 12.4 Å². The summed E-state index contributed by atoms with van der Waals surface area (Å²) in [6, 6.07) is 7.23. The van der Waals surface area contributed by atoms with E-state index < -0.39 is 6.04 Å². The molecule has 102 valence electrons. The zero-order chi connectivity index (χ0) is 12.8. The highest BCUT2D eigenvalue weighted by atomic mass is 35.5. The molecule has 0 saturated carbocycles. The summed E-state index contributed by atoms with van der Waals surface area (Å²) < 4.78 is 5.09. The Balaban J connectivity index is 0.00000289. The maximum absolute atomic E-state index is 11.8. The molecule has 0 bridgehead atoms. The van der Waals surface area contributed by atoms with Crippen LogP contribution >= 0.6 is 12.4 Å². The molecule has 0 heterocycles. The van der Waals surface area contributed by atoms with Gasteiger partial charge in [-0.05, 0) is 31.5 Å². The van der Waals surface area contributed by atoms with E-state index in [0.717, 1.165) is 11.3 Å². The second kappa shape index (κ2) is 7.95. The Hall–Kier alpha value is -1.26. The number of likely N-dealkylation sites (N-methyl/N-ethyl adjacent to an activating group) is 1. The van der Waals surface area contributed by atoms with Gasteiger partial charge in [-0.25, -0.2) is 0 Å². The lowest BCUT2D eigenvalue weighted by Crippen LogP contribution is -2.41. The Morgan fingerprint density at radius 2 is 1.94 bits per heavy atom. The first-order chi connectivity index (χ1) is 8.08. The zero-order valence-corrected chi connectivity index (χ0v) is 11.9. The highest BCUT2D eigenvalue weighted by Gasteiger charge is 2.15. The number of benzene rings is 1. The molecule has 1 amide bonds. The Labute approximate surface area is 115 Å². The number of hydrogen-bond acceptors (Lipinski definition) is 3. The van der Waals surface area contributed by atoms with Gasteiger partial charge in [0.25, 0.3) is 0 Å². The van der Waals surface area contributed by atoms with Crippen LogP contribution in [0.5, 0.6) is 5.75 Å². The lowest BCUT2D eigenvalue weighted by Gasteiger charge is -2.22. The number of carbonyl (C=O) groups is 1. The lowest BCUT2D eigenvalue weighted by atomic mass is 10.2. The van der Waals surface area contributed by atoms with Crippen molar-refractivity contribution in [1.29, 1.82) is 0 Å². The number of rotatable bonds is 5. The van der Waals surface area contributed by atoms with Crippen molar-refractivity contribution in [2.24, 2.45) is 5.73 Å². The van der Waals surface area contributed by atoms with Gasteiger partial charge in [-0.2, -0.15) is 0 Å². The summed E-state index contributed by atoms with van der Waals surface area (Å²) in [5, 5.41) is 0. The quantitative estimate of drug-likeness (QED) is 0.889. The van der Waals surface area contributed by atoms with Crippen molar-refractivity contribution in [2.45, 2.75) is 26.4 Å². The molecule has 0 aliphatic carbocycles. The van der Waals surface area contributed by atoms with Crippen molar-refractivity contribution in [3.05, 3.63) is 29.8 Å². The van der Waals surface area contributed by atoms with Gasteiger partial charge in [0, 0.05) is 13.1 Å². The zero-order valence-electron chi connectivity index (χ0n) is 11.1. The molecule has 0 radical (unpaired) electrons. The molecule has 0 aromatic heterocycles. The molecule has 1 aromatic carbocycles. The number of carbonyl (C=O) groups excluding carboxylic acids is 1. The van der Waals surface area contributed by atoms with Gasteiger partial charge >= 0.3 is 0 Å². The topological polar surface area (TPSA) is 55.6 Å². The Morgan fingerprint density at radius 3 is 2.33 bits per heavy atom. The minimum atomic E-state index is -0.451. The van der Waals surface area contributed by atoms with E-state index in [2.05, 4.69) is 0 Å². The molecule has 1 unspecified atom stereocenters. The highest BCUT2D eigenvalue weighted by molar-refractivity contribution is 5.85. The Kier molecular flexibility index (Phi) is 7.39. The standard InChI is InChI=1S/C13H20N2O2.ClH/c1-4-15(13(16)10(2)14)9-11-5-7-12(17-3)8-6-11;/h5-8,10H,4,9,14H2,1-3H3;1H. The largest absolute Gasteiger partial charge is 0.497 e. The molecule has 1 aromatic rings. The van der Waals surface area contributed by atoms with Crippen LogP contribution in [0.3, 0.4) is 0 Å². The first-order valence-electron chi connectivity index (χ1n) is 5.75. The van der Waals surface area contributed by atoms with Crippen LogP contribution in [0.15, 0.2) is 24.3 Å². The first-order valence-corrected chi connectivity index (χ1v) is 5.75. The third kappa shape index (κ3) is 4.55. The number of nitrogens with two attached hydrogens (primary N) is 1. The number of ether oxygens (including phenoxy) is 1. The summed E-state index contributed by atoms with van der Waals surface area (Å²) in [4.78, 5) is 13.5. The van der Waals surface area contributed by atoms with Crippen molar-refractivity contribution >= 4 is 18.3 Å².